The highest BCUT2D eigenvalue weighted by atomic mass is 16.5. The third kappa shape index (κ3) is 3.54. The molecule has 2 aromatic rings. The highest BCUT2D eigenvalue weighted by Crippen LogP contribution is 2.25. The second-order valence-corrected chi connectivity index (χ2v) is 5.49. The van der Waals surface area contributed by atoms with E-state index in [-0.39, 0.29) is 0 Å². The van der Waals surface area contributed by atoms with Crippen molar-refractivity contribution in [3.05, 3.63) is 47.4 Å². The van der Waals surface area contributed by atoms with Gasteiger partial charge in [-0.15, -0.1) is 0 Å². The Labute approximate surface area is 130 Å². The zero-order valence-corrected chi connectivity index (χ0v) is 13.0. The van der Waals surface area contributed by atoms with Crippen LogP contribution in [0, 0.1) is 6.92 Å². The molecule has 0 saturated carbocycles. The predicted molar refractivity (Wildman–Crippen MR) is 85.3 cm³/mol. The Morgan fingerprint density at radius 2 is 2.23 bits per heavy atom. The first-order chi connectivity index (χ1) is 10.7. The zero-order chi connectivity index (χ0) is 15.4. The molecule has 1 atom stereocenters. The molecule has 5 heteroatoms. The monoisotopic (exact) mass is 299 g/mol. The van der Waals surface area contributed by atoms with Gasteiger partial charge >= 0.3 is 0 Å². The van der Waals surface area contributed by atoms with Crippen LogP contribution in [-0.4, -0.2) is 30.3 Å². The summed E-state index contributed by atoms with van der Waals surface area (Å²) in [6.45, 7) is 4.20. The van der Waals surface area contributed by atoms with Crippen molar-refractivity contribution in [1.82, 2.24) is 9.97 Å². The van der Waals surface area contributed by atoms with Gasteiger partial charge in [0.05, 0.1) is 19.4 Å². The number of aromatic nitrogens is 2. The van der Waals surface area contributed by atoms with Crippen molar-refractivity contribution in [3.63, 3.8) is 0 Å². The van der Waals surface area contributed by atoms with E-state index in [1.165, 1.54) is 0 Å². The molecule has 1 aliphatic heterocycles. The van der Waals surface area contributed by atoms with Crippen LogP contribution in [0.1, 0.15) is 29.4 Å². The number of anilines is 1. The Morgan fingerprint density at radius 1 is 1.32 bits per heavy atom. The van der Waals surface area contributed by atoms with Gasteiger partial charge in [-0.1, -0.05) is 12.1 Å². The van der Waals surface area contributed by atoms with Gasteiger partial charge in [0.1, 0.15) is 17.4 Å². The summed E-state index contributed by atoms with van der Waals surface area (Å²) in [6, 6.07) is 10.0. The molecule has 22 heavy (non-hydrogen) atoms. The van der Waals surface area contributed by atoms with Gasteiger partial charge in [-0.25, -0.2) is 9.97 Å². The maximum Gasteiger partial charge on any atom is 0.130 e. The molecular formula is C17H21N3O2. The lowest BCUT2D eigenvalue weighted by molar-refractivity contribution is 0.193. The van der Waals surface area contributed by atoms with Gasteiger partial charge in [-0.2, -0.15) is 0 Å². The van der Waals surface area contributed by atoms with Crippen LogP contribution in [0.25, 0.3) is 0 Å². The fraction of sp³-hybridized carbons (Fsp3) is 0.412. The molecule has 1 fully saturated rings. The van der Waals surface area contributed by atoms with E-state index in [4.69, 9.17) is 9.47 Å². The number of nitrogens with one attached hydrogen (secondary N) is 1. The molecule has 1 aromatic heterocycles. The second kappa shape index (κ2) is 6.75. The largest absolute Gasteiger partial charge is 0.497 e. The standard InChI is InChI=1S/C17H21N3O2/c1-12-19-16(14-6-7-22-11-14)9-17(20-12)18-10-13-4-3-5-15(8-13)21-2/h3-5,8-9,14H,6-7,10-11H2,1-2H3,(H,18,19,20)/t14-/m1/s1. The van der Waals surface area contributed by atoms with E-state index in [2.05, 4.69) is 21.4 Å². The van der Waals surface area contributed by atoms with Crippen molar-refractivity contribution < 1.29 is 9.47 Å². The summed E-state index contributed by atoms with van der Waals surface area (Å²) in [5.74, 6) is 2.90. The normalized spacial score (nSPS) is 17.5. The molecule has 3 rings (SSSR count). The molecule has 0 aliphatic carbocycles. The summed E-state index contributed by atoms with van der Waals surface area (Å²) in [5.41, 5.74) is 2.22. The molecule has 1 N–H and O–H groups in total. The summed E-state index contributed by atoms with van der Waals surface area (Å²) in [5, 5.41) is 3.37. The highest BCUT2D eigenvalue weighted by molar-refractivity contribution is 5.39. The molecule has 1 aromatic carbocycles. The Kier molecular flexibility index (Phi) is 4.53. The number of benzene rings is 1. The molecule has 0 spiro atoms. The van der Waals surface area contributed by atoms with Gasteiger partial charge in [0.25, 0.3) is 0 Å². The van der Waals surface area contributed by atoms with E-state index in [9.17, 15) is 0 Å². The molecule has 5 nitrogen and oxygen atoms in total. The first kappa shape index (κ1) is 14.8. The van der Waals surface area contributed by atoms with E-state index in [1.54, 1.807) is 7.11 Å². The average Bonchev–Trinajstić information content (AvgIpc) is 3.07. The second-order valence-electron chi connectivity index (χ2n) is 5.49. The number of nitrogens with zero attached hydrogens (tertiary/aromatic N) is 2. The lowest BCUT2D eigenvalue weighted by Crippen LogP contribution is -2.08. The summed E-state index contributed by atoms with van der Waals surface area (Å²) >= 11 is 0. The van der Waals surface area contributed by atoms with Crippen LogP contribution in [0.5, 0.6) is 5.75 Å². The maximum absolute atomic E-state index is 5.45. The Balaban J connectivity index is 1.71. The van der Waals surface area contributed by atoms with Crippen molar-refractivity contribution >= 4 is 5.82 Å². The van der Waals surface area contributed by atoms with Crippen molar-refractivity contribution in [3.8, 4) is 5.75 Å². The Morgan fingerprint density at radius 3 is 3.00 bits per heavy atom. The average molecular weight is 299 g/mol. The number of aryl methyl sites for hydroxylation is 1. The number of hydrogen-bond donors (Lipinski definition) is 1. The minimum absolute atomic E-state index is 0.388. The van der Waals surface area contributed by atoms with Crippen molar-refractivity contribution in [2.45, 2.75) is 25.8 Å². The fourth-order valence-corrected chi connectivity index (χ4v) is 2.63. The van der Waals surface area contributed by atoms with E-state index in [0.29, 0.717) is 12.5 Å². The van der Waals surface area contributed by atoms with Crippen LogP contribution >= 0.6 is 0 Å². The van der Waals surface area contributed by atoms with Crippen LogP contribution < -0.4 is 10.1 Å². The third-order valence-corrected chi connectivity index (χ3v) is 3.81. The molecule has 2 heterocycles. The Bertz CT molecular complexity index is 640. The molecule has 0 radical (unpaired) electrons. The van der Waals surface area contributed by atoms with Gasteiger partial charge < -0.3 is 14.8 Å². The number of methoxy groups -OCH3 is 1. The molecule has 0 unspecified atom stereocenters. The van der Waals surface area contributed by atoms with Crippen molar-refractivity contribution in [1.29, 1.82) is 0 Å². The number of ether oxygens (including phenoxy) is 2. The van der Waals surface area contributed by atoms with Crippen LogP contribution in [0.4, 0.5) is 5.82 Å². The predicted octanol–water partition coefficient (Wildman–Crippen LogP) is 2.91. The first-order valence-electron chi connectivity index (χ1n) is 7.55. The minimum Gasteiger partial charge on any atom is -0.497 e. The summed E-state index contributed by atoms with van der Waals surface area (Å²) in [4.78, 5) is 9.02. The van der Waals surface area contributed by atoms with Crippen LogP contribution in [0.3, 0.4) is 0 Å². The fourth-order valence-electron chi connectivity index (χ4n) is 2.63. The topological polar surface area (TPSA) is 56.3 Å². The maximum atomic E-state index is 5.45. The van der Waals surface area contributed by atoms with Gasteiger partial charge in [-0.3, -0.25) is 0 Å². The molecule has 116 valence electrons. The van der Waals surface area contributed by atoms with Gasteiger partial charge in [0.15, 0.2) is 0 Å². The van der Waals surface area contributed by atoms with Crippen molar-refractivity contribution in [2.24, 2.45) is 0 Å². The summed E-state index contributed by atoms with van der Waals surface area (Å²) in [7, 11) is 1.68. The zero-order valence-electron chi connectivity index (χ0n) is 13.0. The quantitative estimate of drug-likeness (QED) is 0.920. The lowest BCUT2D eigenvalue weighted by Gasteiger charge is -2.12. The smallest absolute Gasteiger partial charge is 0.130 e. The SMILES string of the molecule is COc1cccc(CNc2cc([C@@H]3CCOC3)nc(C)n2)c1. The summed E-state index contributed by atoms with van der Waals surface area (Å²) < 4.78 is 10.7. The van der Waals surface area contributed by atoms with Crippen LogP contribution in [-0.2, 0) is 11.3 Å². The van der Waals surface area contributed by atoms with E-state index < -0.39 is 0 Å². The number of rotatable bonds is 5. The number of hydrogen-bond acceptors (Lipinski definition) is 5. The third-order valence-electron chi connectivity index (χ3n) is 3.81. The summed E-state index contributed by atoms with van der Waals surface area (Å²) in [6.07, 6.45) is 1.03. The van der Waals surface area contributed by atoms with Crippen molar-refractivity contribution in [2.75, 3.05) is 25.6 Å². The van der Waals surface area contributed by atoms with Gasteiger partial charge in [0, 0.05) is 25.1 Å². The highest BCUT2D eigenvalue weighted by Gasteiger charge is 2.20. The van der Waals surface area contributed by atoms with E-state index >= 15 is 0 Å². The molecule has 1 saturated heterocycles. The molecule has 1 aliphatic rings. The van der Waals surface area contributed by atoms with E-state index in [0.717, 1.165) is 48.3 Å². The molecular weight excluding hydrogens is 278 g/mol. The molecule has 0 amide bonds. The van der Waals surface area contributed by atoms with Gasteiger partial charge in [-0.05, 0) is 31.0 Å². The minimum atomic E-state index is 0.388. The molecule has 0 bridgehead atoms. The first-order valence-corrected chi connectivity index (χ1v) is 7.55. The van der Waals surface area contributed by atoms with E-state index in [1.807, 2.05) is 31.2 Å². The Hall–Kier alpha value is -2.14. The lowest BCUT2D eigenvalue weighted by atomic mass is 10.0. The van der Waals surface area contributed by atoms with Crippen LogP contribution in [0.15, 0.2) is 30.3 Å². The van der Waals surface area contributed by atoms with Crippen LogP contribution in [0.2, 0.25) is 0 Å². The van der Waals surface area contributed by atoms with Gasteiger partial charge in [0.2, 0.25) is 0 Å².